The largest absolute Gasteiger partial charge is 0.472 e. The van der Waals surface area contributed by atoms with E-state index in [0.717, 1.165) is 13.1 Å². The highest BCUT2D eigenvalue weighted by molar-refractivity contribution is 5.51. The summed E-state index contributed by atoms with van der Waals surface area (Å²) in [6.07, 6.45) is 9.92. The first-order valence-electron chi connectivity index (χ1n) is 6.71. The van der Waals surface area contributed by atoms with Crippen LogP contribution in [0.4, 0.5) is 5.69 Å². The fraction of sp³-hybridized carbons (Fsp3) is 0.400. The molecular weight excluding hydrogens is 238 g/mol. The Morgan fingerprint density at radius 1 is 1.42 bits per heavy atom. The predicted octanol–water partition coefficient (Wildman–Crippen LogP) is 2.56. The Kier molecular flexibility index (Phi) is 3.51. The van der Waals surface area contributed by atoms with Crippen molar-refractivity contribution in [1.29, 1.82) is 0 Å². The Bertz CT molecular complexity index is 520. The summed E-state index contributed by atoms with van der Waals surface area (Å²) >= 11 is 0. The van der Waals surface area contributed by atoms with Gasteiger partial charge in [-0.15, -0.1) is 0 Å². The van der Waals surface area contributed by atoms with Crippen LogP contribution in [0, 0.1) is 0 Å². The lowest BCUT2D eigenvalue weighted by Gasteiger charge is -2.21. The first-order valence-corrected chi connectivity index (χ1v) is 6.71. The van der Waals surface area contributed by atoms with E-state index >= 15 is 0 Å². The number of hydrogen-bond donors (Lipinski definition) is 1. The van der Waals surface area contributed by atoms with E-state index in [1.807, 2.05) is 18.5 Å². The van der Waals surface area contributed by atoms with Crippen LogP contribution in [-0.4, -0.2) is 18.1 Å². The Hall–Kier alpha value is -1.81. The van der Waals surface area contributed by atoms with E-state index in [1.54, 1.807) is 12.5 Å². The minimum absolute atomic E-state index is 0.715. The zero-order valence-corrected chi connectivity index (χ0v) is 11.2. The second kappa shape index (κ2) is 5.45. The summed E-state index contributed by atoms with van der Waals surface area (Å²) in [4.78, 5) is 6.47. The van der Waals surface area contributed by atoms with Crippen LogP contribution < -0.4 is 10.2 Å². The standard InChI is InChI=1S/C15H19N3O/c1-18(10-12-5-7-19-11-12)15-4-6-16-8-13(15)9-17-14-2-3-14/h4-8,11,14,17H,2-3,9-10H2,1H3. The van der Waals surface area contributed by atoms with Gasteiger partial charge in [0.05, 0.1) is 12.5 Å². The molecule has 100 valence electrons. The van der Waals surface area contributed by atoms with Gasteiger partial charge in [0.1, 0.15) is 0 Å². The van der Waals surface area contributed by atoms with Crippen LogP contribution in [0.1, 0.15) is 24.0 Å². The van der Waals surface area contributed by atoms with E-state index < -0.39 is 0 Å². The number of furan rings is 1. The summed E-state index contributed by atoms with van der Waals surface area (Å²) in [5, 5.41) is 3.54. The number of nitrogens with one attached hydrogen (secondary N) is 1. The number of aromatic nitrogens is 1. The Balaban J connectivity index is 1.70. The summed E-state index contributed by atoms with van der Waals surface area (Å²) in [5.74, 6) is 0. The molecule has 3 rings (SSSR count). The molecular formula is C15H19N3O. The summed E-state index contributed by atoms with van der Waals surface area (Å²) in [6, 6.07) is 4.79. The van der Waals surface area contributed by atoms with Gasteiger partial charge < -0.3 is 14.6 Å². The van der Waals surface area contributed by atoms with Crippen molar-refractivity contribution < 1.29 is 4.42 Å². The van der Waals surface area contributed by atoms with Gasteiger partial charge in [0, 0.05) is 55.4 Å². The summed E-state index contributed by atoms with van der Waals surface area (Å²) in [6.45, 7) is 1.74. The molecule has 0 aliphatic heterocycles. The molecule has 2 aromatic heterocycles. The Morgan fingerprint density at radius 2 is 2.32 bits per heavy atom. The number of nitrogens with zero attached hydrogens (tertiary/aromatic N) is 2. The Labute approximate surface area is 113 Å². The molecule has 0 saturated heterocycles. The molecule has 0 unspecified atom stereocenters. The van der Waals surface area contributed by atoms with E-state index in [4.69, 9.17) is 4.42 Å². The molecule has 1 fully saturated rings. The molecule has 0 atom stereocenters. The van der Waals surface area contributed by atoms with Crippen molar-refractivity contribution in [2.45, 2.75) is 32.0 Å². The summed E-state index contributed by atoms with van der Waals surface area (Å²) in [7, 11) is 2.10. The number of hydrogen-bond acceptors (Lipinski definition) is 4. The minimum Gasteiger partial charge on any atom is -0.472 e. The molecule has 1 N–H and O–H groups in total. The van der Waals surface area contributed by atoms with Gasteiger partial charge >= 0.3 is 0 Å². The maximum absolute atomic E-state index is 5.12. The third kappa shape index (κ3) is 3.15. The van der Waals surface area contributed by atoms with Crippen molar-refractivity contribution in [2.75, 3.05) is 11.9 Å². The first-order chi connectivity index (χ1) is 9.33. The maximum atomic E-state index is 5.12. The molecule has 1 saturated carbocycles. The molecule has 2 aromatic rings. The molecule has 0 aromatic carbocycles. The van der Waals surface area contributed by atoms with Gasteiger partial charge in [0.15, 0.2) is 0 Å². The van der Waals surface area contributed by atoms with Crippen LogP contribution in [0.25, 0.3) is 0 Å². The van der Waals surface area contributed by atoms with Crippen molar-refractivity contribution in [3.05, 3.63) is 48.2 Å². The van der Waals surface area contributed by atoms with E-state index in [-0.39, 0.29) is 0 Å². The lowest BCUT2D eigenvalue weighted by Crippen LogP contribution is -2.21. The van der Waals surface area contributed by atoms with Crippen molar-refractivity contribution in [3.63, 3.8) is 0 Å². The predicted molar refractivity (Wildman–Crippen MR) is 74.9 cm³/mol. The fourth-order valence-electron chi connectivity index (χ4n) is 2.21. The maximum Gasteiger partial charge on any atom is 0.0952 e. The van der Waals surface area contributed by atoms with Gasteiger partial charge in [0.2, 0.25) is 0 Å². The highest BCUT2D eigenvalue weighted by atomic mass is 16.3. The average Bonchev–Trinajstić information content (AvgIpc) is 3.13. The molecule has 2 heterocycles. The van der Waals surface area contributed by atoms with Gasteiger partial charge in [-0.2, -0.15) is 0 Å². The van der Waals surface area contributed by atoms with Crippen LogP contribution >= 0.6 is 0 Å². The van der Waals surface area contributed by atoms with Gasteiger partial charge in [-0.1, -0.05) is 0 Å². The third-order valence-corrected chi connectivity index (χ3v) is 3.45. The fourth-order valence-corrected chi connectivity index (χ4v) is 2.21. The average molecular weight is 257 g/mol. The molecule has 4 nitrogen and oxygen atoms in total. The second-order valence-corrected chi connectivity index (χ2v) is 5.15. The van der Waals surface area contributed by atoms with E-state index in [0.29, 0.717) is 6.04 Å². The summed E-state index contributed by atoms with van der Waals surface area (Å²) < 4.78 is 5.12. The molecule has 19 heavy (non-hydrogen) atoms. The normalized spacial score (nSPS) is 14.6. The molecule has 1 aliphatic rings. The van der Waals surface area contributed by atoms with Crippen molar-refractivity contribution >= 4 is 5.69 Å². The number of anilines is 1. The van der Waals surface area contributed by atoms with Crippen molar-refractivity contribution in [1.82, 2.24) is 10.3 Å². The highest BCUT2D eigenvalue weighted by Crippen LogP contribution is 2.23. The molecule has 0 radical (unpaired) electrons. The molecule has 0 amide bonds. The van der Waals surface area contributed by atoms with Crippen LogP contribution in [0.15, 0.2) is 41.5 Å². The van der Waals surface area contributed by atoms with E-state index in [9.17, 15) is 0 Å². The van der Waals surface area contributed by atoms with Crippen LogP contribution in [-0.2, 0) is 13.1 Å². The zero-order chi connectivity index (χ0) is 13.1. The van der Waals surface area contributed by atoms with E-state index in [1.165, 1.54) is 29.7 Å². The van der Waals surface area contributed by atoms with Crippen LogP contribution in [0.3, 0.4) is 0 Å². The monoisotopic (exact) mass is 257 g/mol. The van der Waals surface area contributed by atoms with Crippen LogP contribution in [0.5, 0.6) is 0 Å². The molecule has 0 spiro atoms. The summed E-state index contributed by atoms with van der Waals surface area (Å²) in [5.41, 5.74) is 3.66. The van der Waals surface area contributed by atoms with E-state index in [2.05, 4.69) is 28.3 Å². The van der Waals surface area contributed by atoms with Gasteiger partial charge in [-0.25, -0.2) is 0 Å². The smallest absolute Gasteiger partial charge is 0.0952 e. The lowest BCUT2D eigenvalue weighted by molar-refractivity contribution is 0.563. The molecule has 0 bridgehead atoms. The Morgan fingerprint density at radius 3 is 3.05 bits per heavy atom. The SMILES string of the molecule is CN(Cc1ccoc1)c1ccncc1CNC1CC1. The molecule has 1 aliphatic carbocycles. The van der Waals surface area contributed by atoms with Gasteiger partial charge in [-0.3, -0.25) is 4.98 Å². The van der Waals surface area contributed by atoms with Gasteiger partial charge in [0.25, 0.3) is 0 Å². The lowest BCUT2D eigenvalue weighted by atomic mass is 10.2. The van der Waals surface area contributed by atoms with Crippen molar-refractivity contribution in [3.8, 4) is 0 Å². The van der Waals surface area contributed by atoms with Crippen LogP contribution in [0.2, 0.25) is 0 Å². The minimum atomic E-state index is 0.715. The number of rotatable bonds is 6. The van der Waals surface area contributed by atoms with Gasteiger partial charge in [-0.05, 0) is 25.0 Å². The zero-order valence-electron chi connectivity index (χ0n) is 11.2. The first kappa shape index (κ1) is 12.2. The second-order valence-electron chi connectivity index (χ2n) is 5.15. The third-order valence-electron chi connectivity index (χ3n) is 3.45. The quantitative estimate of drug-likeness (QED) is 0.863. The van der Waals surface area contributed by atoms with Crippen molar-refractivity contribution in [2.24, 2.45) is 0 Å². The molecule has 4 heteroatoms. The number of pyridine rings is 1. The topological polar surface area (TPSA) is 41.3 Å². The highest BCUT2D eigenvalue weighted by Gasteiger charge is 2.20.